The average Bonchev–Trinajstić information content (AvgIpc) is 3.11. The number of esters is 2. The van der Waals surface area contributed by atoms with Crippen molar-refractivity contribution in [2.45, 2.75) is 161 Å². The van der Waals surface area contributed by atoms with Crippen LogP contribution in [0.15, 0.2) is 72.9 Å². The van der Waals surface area contributed by atoms with E-state index in [-0.39, 0.29) is 26.1 Å². The number of ether oxygens (including phenoxy) is 2. The van der Waals surface area contributed by atoms with Gasteiger partial charge in [-0.1, -0.05) is 125 Å². The van der Waals surface area contributed by atoms with Crippen molar-refractivity contribution in [1.82, 2.24) is 0 Å². The third-order valence-corrected chi connectivity index (χ3v) is 8.49. The second kappa shape index (κ2) is 38.2. The van der Waals surface area contributed by atoms with E-state index in [1.54, 1.807) is 0 Å². The molecule has 0 fully saturated rings. The molecular formula is C42H71O9P. The highest BCUT2D eigenvalue weighted by Crippen LogP contribution is 2.36. The van der Waals surface area contributed by atoms with Gasteiger partial charge in [0.1, 0.15) is 6.61 Å². The molecule has 0 spiro atoms. The Labute approximate surface area is 315 Å². The predicted molar refractivity (Wildman–Crippen MR) is 213 cm³/mol. The summed E-state index contributed by atoms with van der Waals surface area (Å²) in [6.07, 6.45) is 46.4. The predicted octanol–water partition coefficient (Wildman–Crippen LogP) is 10.9. The molecule has 0 aromatic heterocycles. The van der Waals surface area contributed by atoms with Gasteiger partial charge in [0.05, 0.1) is 6.61 Å². The highest BCUT2D eigenvalue weighted by molar-refractivity contribution is 7.46. The number of hydrogen-bond acceptors (Lipinski definition) is 7. The van der Waals surface area contributed by atoms with Crippen molar-refractivity contribution in [2.75, 3.05) is 19.8 Å². The molecular weight excluding hydrogens is 679 g/mol. The standard InChI is InChI=1S/C42H71O9P/c1-2-3-4-5-6-7-8-9-10-14-17-20-23-26-29-32-35-41(44)49-38-40(39-50-52(46,47)48)51-42(45)36-33-30-27-24-21-18-15-12-11-13-16-19-22-25-28-31-34-37-43/h6-7,9-11,13,15,18-19,22,24,27,40,43H,2-5,8,12,14,16-17,20-21,23,25-26,28-39H2,1H3,(H2,46,47,48)/b7-6-,10-9-,13-11-,18-15-,22-19-,27-24-/t40-/m1/s1. The smallest absolute Gasteiger partial charge is 0.462 e. The summed E-state index contributed by atoms with van der Waals surface area (Å²) in [7, 11) is -4.78. The largest absolute Gasteiger partial charge is 0.469 e. The molecule has 0 heterocycles. The van der Waals surface area contributed by atoms with Gasteiger partial charge in [-0.2, -0.15) is 0 Å². The van der Waals surface area contributed by atoms with E-state index in [1.165, 1.54) is 25.7 Å². The first-order valence-electron chi connectivity index (χ1n) is 19.8. The quantitative estimate of drug-likeness (QED) is 0.0247. The van der Waals surface area contributed by atoms with Gasteiger partial charge in [0.25, 0.3) is 0 Å². The van der Waals surface area contributed by atoms with E-state index in [9.17, 15) is 14.2 Å². The summed E-state index contributed by atoms with van der Waals surface area (Å²) in [4.78, 5) is 42.7. The SMILES string of the molecule is CCCCC/C=C\C/C=C\CCCCCCCCC(=O)OC[C@H](COP(=O)(O)O)OC(=O)CCC/C=C\C/C=C\C/C=C\C/C=C\CCCCCO. The molecule has 0 aromatic carbocycles. The van der Waals surface area contributed by atoms with Crippen LogP contribution in [0.3, 0.4) is 0 Å². The van der Waals surface area contributed by atoms with Gasteiger partial charge in [-0.05, 0) is 89.9 Å². The summed E-state index contributed by atoms with van der Waals surface area (Å²) < 4.78 is 26.3. The second-order valence-electron chi connectivity index (χ2n) is 13.0. The van der Waals surface area contributed by atoms with Crippen LogP contribution >= 0.6 is 7.82 Å². The Bertz CT molecular complexity index is 1070. The normalized spacial score (nSPS) is 13.2. The van der Waals surface area contributed by atoms with Gasteiger partial charge < -0.3 is 24.4 Å². The first-order chi connectivity index (χ1) is 25.3. The van der Waals surface area contributed by atoms with Crippen LogP contribution in [0.1, 0.15) is 155 Å². The monoisotopic (exact) mass is 750 g/mol. The van der Waals surface area contributed by atoms with Crippen LogP contribution in [0.25, 0.3) is 0 Å². The van der Waals surface area contributed by atoms with Crippen molar-refractivity contribution >= 4 is 19.8 Å². The van der Waals surface area contributed by atoms with Crippen LogP contribution in [-0.2, 0) is 28.2 Å². The van der Waals surface area contributed by atoms with Crippen molar-refractivity contribution in [1.29, 1.82) is 0 Å². The molecule has 0 bridgehead atoms. The number of unbranched alkanes of at least 4 members (excludes halogenated alkanes) is 13. The van der Waals surface area contributed by atoms with E-state index in [1.807, 2.05) is 12.2 Å². The van der Waals surface area contributed by atoms with E-state index in [0.717, 1.165) is 89.9 Å². The lowest BCUT2D eigenvalue weighted by molar-refractivity contribution is -0.161. The molecule has 3 N–H and O–H groups in total. The van der Waals surface area contributed by atoms with E-state index in [0.29, 0.717) is 19.3 Å². The number of carbonyl (C=O) groups excluding carboxylic acids is 2. The Hall–Kier alpha value is -2.55. The molecule has 298 valence electrons. The molecule has 0 aromatic rings. The van der Waals surface area contributed by atoms with Crippen LogP contribution < -0.4 is 0 Å². The van der Waals surface area contributed by atoms with Crippen molar-refractivity contribution in [3.63, 3.8) is 0 Å². The molecule has 0 unspecified atom stereocenters. The fourth-order valence-corrected chi connectivity index (χ4v) is 5.38. The highest BCUT2D eigenvalue weighted by Gasteiger charge is 2.22. The number of aliphatic hydroxyl groups is 1. The number of aliphatic hydroxyl groups excluding tert-OH is 1. The van der Waals surface area contributed by atoms with Gasteiger partial charge in [-0.25, -0.2) is 4.57 Å². The zero-order valence-electron chi connectivity index (χ0n) is 32.1. The topological polar surface area (TPSA) is 140 Å². The van der Waals surface area contributed by atoms with Crippen molar-refractivity contribution in [3.8, 4) is 0 Å². The van der Waals surface area contributed by atoms with Crippen molar-refractivity contribution < 1.29 is 43.0 Å². The molecule has 0 aliphatic heterocycles. The van der Waals surface area contributed by atoms with Crippen LogP contribution in [0.5, 0.6) is 0 Å². The van der Waals surface area contributed by atoms with E-state index in [2.05, 4.69) is 72.2 Å². The third kappa shape index (κ3) is 40.2. The highest BCUT2D eigenvalue weighted by atomic mass is 31.2. The average molecular weight is 751 g/mol. The number of allylic oxidation sites excluding steroid dienone is 12. The maximum atomic E-state index is 12.4. The van der Waals surface area contributed by atoms with Crippen molar-refractivity contribution in [2.24, 2.45) is 0 Å². The summed E-state index contributed by atoms with van der Waals surface area (Å²) >= 11 is 0. The number of phosphoric ester groups is 1. The van der Waals surface area contributed by atoms with Gasteiger partial charge in [-0.15, -0.1) is 0 Å². The number of hydrogen-bond donors (Lipinski definition) is 3. The van der Waals surface area contributed by atoms with Gasteiger partial charge in [-0.3, -0.25) is 14.1 Å². The van der Waals surface area contributed by atoms with Gasteiger partial charge in [0.15, 0.2) is 6.10 Å². The summed E-state index contributed by atoms with van der Waals surface area (Å²) in [6.45, 7) is 1.60. The van der Waals surface area contributed by atoms with Gasteiger partial charge >= 0.3 is 19.8 Å². The molecule has 0 amide bonds. The first-order valence-corrected chi connectivity index (χ1v) is 21.4. The van der Waals surface area contributed by atoms with E-state index in [4.69, 9.17) is 24.4 Å². The second-order valence-corrected chi connectivity index (χ2v) is 14.2. The number of rotatable bonds is 36. The maximum absolute atomic E-state index is 12.4. The Kier molecular flexibility index (Phi) is 36.3. The lowest BCUT2D eigenvalue weighted by Gasteiger charge is -2.18. The minimum absolute atomic E-state index is 0.120. The summed E-state index contributed by atoms with van der Waals surface area (Å²) in [6, 6.07) is 0. The molecule has 10 heteroatoms. The third-order valence-electron chi connectivity index (χ3n) is 8.00. The minimum Gasteiger partial charge on any atom is -0.462 e. The fraction of sp³-hybridized carbons (Fsp3) is 0.667. The number of phosphoric acid groups is 1. The first kappa shape index (κ1) is 49.5. The molecule has 1 atom stereocenters. The Morgan fingerprint density at radius 1 is 0.538 bits per heavy atom. The van der Waals surface area contributed by atoms with Crippen LogP contribution in [-0.4, -0.2) is 52.8 Å². The van der Waals surface area contributed by atoms with E-state index >= 15 is 0 Å². The van der Waals surface area contributed by atoms with E-state index < -0.39 is 32.5 Å². The van der Waals surface area contributed by atoms with Crippen LogP contribution in [0.2, 0.25) is 0 Å². The summed E-state index contributed by atoms with van der Waals surface area (Å²) in [5.74, 6) is -0.983. The molecule has 52 heavy (non-hydrogen) atoms. The van der Waals surface area contributed by atoms with Crippen molar-refractivity contribution in [3.05, 3.63) is 72.9 Å². The molecule has 0 aliphatic carbocycles. The zero-order valence-corrected chi connectivity index (χ0v) is 33.0. The summed E-state index contributed by atoms with van der Waals surface area (Å²) in [5.41, 5.74) is 0. The van der Waals surface area contributed by atoms with Gasteiger partial charge in [0, 0.05) is 19.4 Å². The minimum atomic E-state index is -4.78. The zero-order chi connectivity index (χ0) is 38.2. The molecule has 0 aliphatic rings. The molecule has 0 saturated heterocycles. The maximum Gasteiger partial charge on any atom is 0.469 e. The Morgan fingerprint density at radius 2 is 0.962 bits per heavy atom. The Morgan fingerprint density at radius 3 is 1.46 bits per heavy atom. The lowest BCUT2D eigenvalue weighted by Crippen LogP contribution is -2.29. The molecule has 0 rings (SSSR count). The molecule has 9 nitrogen and oxygen atoms in total. The lowest BCUT2D eigenvalue weighted by atomic mass is 10.1. The number of carbonyl (C=O) groups is 2. The molecule has 0 saturated carbocycles. The van der Waals surface area contributed by atoms with Gasteiger partial charge in [0.2, 0.25) is 0 Å². The Balaban J connectivity index is 4.08. The van der Waals surface area contributed by atoms with Crippen LogP contribution in [0.4, 0.5) is 0 Å². The summed E-state index contributed by atoms with van der Waals surface area (Å²) in [5, 5.41) is 8.77. The molecule has 0 radical (unpaired) electrons. The fourth-order valence-electron chi connectivity index (χ4n) is 5.02. The van der Waals surface area contributed by atoms with Crippen LogP contribution in [0, 0.1) is 0 Å².